The van der Waals surface area contributed by atoms with Crippen LogP contribution in [0, 0.1) is 5.82 Å². The van der Waals surface area contributed by atoms with Gasteiger partial charge in [-0.25, -0.2) is 4.39 Å². The average molecular weight is 370 g/mol. The van der Waals surface area contributed by atoms with Crippen molar-refractivity contribution in [1.82, 2.24) is 10.1 Å². The van der Waals surface area contributed by atoms with Crippen LogP contribution in [0.25, 0.3) is 11.3 Å². The van der Waals surface area contributed by atoms with Crippen molar-refractivity contribution in [2.24, 2.45) is 0 Å². The van der Waals surface area contributed by atoms with Crippen LogP contribution in [-0.2, 0) is 0 Å². The molecule has 0 aliphatic carbocycles. The Hall–Kier alpha value is -2.47. The number of hydrogen-bond acceptors (Lipinski definition) is 4. The third-order valence-electron chi connectivity index (χ3n) is 4.74. The van der Waals surface area contributed by atoms with E-state index in [0.29, 0.717) is 18.0 Å². The van der Waals surface area contributed by atoms with Gasteiger partial charge in [0, 0.05) is 18.2 Å². The number of aromatic nitrogens is 1. The molecule has 1 aromatic carbocycles. The zero-order valence-corrected chi connectivity index (χ0v) is 15.0. The molecule has 1 fully saturated rings. The number of amides is 1. The van der Waals surface area contributed by atoms with E-state index < -0.39 is 0 Å². The first-order valence-corrected chi connectivity index (χ1v) is 9.67. The van der Waals surface area contributed by atoms with E-state index in [1.54, 1.807) is 12.1 Å². The van der Waals surface area contributed by atoms with Gasteiger partial charge >= 0.3 is 0 Å². The predicted molar refractivity (Wildman–Crippen MR) is 98.5 cm³/mol. The molecular formula is C20H19FN2O2S. The lowest BCUT2D eigenvalue weighted by atomic mass is 10.1. The molecule has 1 saturated heterocycles. The van der Waals surface area contributed by atoms with Crippen LogP contribution in [0.2, 0.25) is 0 Å². The van der Waals surface area contributed by atoms with Crippen molar-refractivity contribution in [2.45, 2.75) is 31.7 Å². The molecule has 0 radical (unpaired) electrons. The number of benzene rings is 1. The molecule has 0 saturated carbocycles. The summed E-state index contributed by atoms with van der Waals surface area (Å²) in [7, 11) is 0. The number of rotatable bonds is 3. The average Bonchev–Trinajstić information content (AvgIpc) is 3.30. The van der Waals surface area contributed by atoms with Gasteiger partial charge in [0.05, 0.1) is 10.9 Å². The fourth-order valence-electron chi connectivity index (χ4n) is 3.39. The molecule has 1 aliphatic rings. The molecule has 134 valence electrons. The molecule has 1 amide bonds. The van der Waals surface area contributed by atoms with Crippen molar-refractivity contribution in [3.05, 3.63) is 64.3 Å². The second-order valence-corrected chi connectivity index (χ2v) is 7.41. The topological polar surface area (TPSA) is 46.3 Å². The number of thiophene rings is 1. The molecule has 1 atom stereocenters. The van der Waals surface area contributed by atoms with Gasteiger partial charge in [-0.05, 0) is 48.6 Å². The second-order valence-electron chi connectivity index (χ2n) is 6.46. The van der Waals surface area contributed by atoms with Crippen LogP contribution >= 0.6 is 11.3 Å². The molecular weight excluding hydrogens is 351 g/mol. The molecule has 3 aromatic rings. The molecule has 1 aliphatic heterocycles. The van der Waals surface area contributed by atoms with Gasteiger partial charge in [-0.2, -0.15) is 0 Å². The lowest BCUT2D eigenvalue weighted by Gasteiger charge is -2.27. The van der Waals surface area contributed by atoms with Crippen LogP contribution in [-0.4, -0.2) is 22.5 Å². The van der Waals surface area contributed by atoms with Crippen LogP contribution in [0.1, 0.15) is 47.2 Å². The van der Waals surface area contributed by atoms with Gasteiger partial charge in [0.1, 0.15) is 11.5 Å². The van der Waals surface area contributed by atoms with Gasteiger partial charge < -0.3 is 9.42 Å². The number of nitrogens with zero attached hydrogens (tertiary/aromatic N) is 2. The highest BCUT2D eigenvalue weighted by Crippen LogP contribution is 2.34. The standard InChI is InChI=1S/C20H19FN2O2S/c21-15-9-7-14(8-10-15)16-13-18(25-22-16)17-5-2-1-3-11-23(17)20(24)19-6-4-12-26-19/h4,6-10,12-13,17H,1-3,5,11H2. The van der Waals surface area contributed by atoms with E-state index in [9.17, 15) is 9.18 Å². The number of carbonyl (C=O) groups is 1. The van der Waals surface area contributed by atoms with Crippen molar-refractivity contribution >= 4 is 17.2 Å². The maximum atomic E-state index is 13.1. The number of carbonyl (C=O) groups excluding carboxylic acids is 1. The predicted octanol–water partition coefficient (Wildman–Crippen LogP) is 5.30. The monoisotopic (exact) mass is 370 g/mol. The third-order valence-corrected chi connectivity index (χ3v) is 5.60. The molecule has 2 aromatic heterocycles. The molecule has 4 nitrogen and oxygen atoms in total. The van der Waals surface area contributed by atoms with Crippen molar-refractivity contribution < 1.29 is 13.7 Å². The summed E-state index contributed by atoms with van der Waals surface area (Å²) in [5.74, 6) is 0.455. The first kappa shape index (κ1) is 17.0. The van der Waals surface area contributed by atoms with Gasteiger partial charge in [0.25, 0.3) is 5.91 Å². The molecule has 6 heteroatoms. The first-order chi connectivity index (χ1) is 12.7. The Kier molecular flexibility index (Phi) is 4.84. The second kappa shape index (κ2) is 7.41. The van der Waals surface area contributed by atoms with Crippen molar-refractivity contribution in [3.8, 4) is 11.3 Å². The third kappa shape index (κ3) is 3.42. The van der Waals surface area contributed by atoms with Crippen LogP contribution in [0.4, 0.5) is 4.39 Å². The smallest absolute Gasteiger partial charge is 0.264 e. The van der Waals surface area contributed by atoms with E-state index in [1.165, 1.54) is 23.5 Å². The van der Waals surface area contributed by atoms with Gasteiger partial charge in [-0.1, -0.05) is 24.1 Å². The summed E-state index contributed by atoms with van der Waals surface area (Å²) >= 11 is 1.46. The van der Waals surface area contributed by atoms with Crippen LogP contribution < -0.4 is 0 Å². The van der Waals surface area contributed by atoms with E-state index >= 15 is 0 Å². The summed E-state index contributed by atoms with van der Waals surface area (Å²) in [6, 6.07) is 11.7. The normalized spacial score (nSPS) is 17.9. The lowest BCUT2D eigenvalue weighted by Crippen LogP contribution is -2.34. The SMILES string of the molecule is O=C(c1cccs1)N1CCCCCC1c1cc(-c2ccc(F)cc2)no1. The van der Waals surface area contributed by atoms with Crippen LogP contribution in [0.3, 0.4) is 0 Å². The highest BCUT2D eigenvalue weighted by Gasteiger charge is 2.31. The summed E-state index contributed by atoms with van der Waals surface area (Å²) in [5.41, 5.74) is 1.46. The molecule has 1 unspecified atom stereocenters. The van der Waals surface area contributed by atoms with Gasteiger partial charge in [0.2, 0.25) is 0 Å². The quantitative estimate of drug-likeness (QED) is 0.628. The number of hydrogen-bond donors (Lipinski definition) is 0. The van der Waals surface area contributed by atoms with E-state index in [4.69, 9.17) is 4.52 Å². The largest absolute Gasteiger partial charge is 0.359 e. The highest BCUT2D eigenvalue weighted by atomic mass is 32.1. The Bertz CT molecular complexity index is 874. The Morgan fingerprint density at radius 1 is 1.19 bits per heavy atom. The van der Waals surface area contributed by atoms with E-state index in [-0.39, 0.29) is 17.8 Å². The van der Waals surface area contributed by atoms with Crippen molar-refractivity contribution in [3.63, 3.8) is 0 Å². The highest BCUT2D eigenvalue weighted by molar-refractivity contribution is 7.12. The summed E-state index contributed by atoms with van der Waals surface area (Å²) < 4.78 is 18.7. The Morgan fingerprint density at radius 2 is 2.04 bits per heavy atom. The number of halogens is 1. The van der Waals surface area contributed by atoms with E-state index in [2.05, 4.69) is 5.16 Å². The molecule has 26 heavy (non-hydrogen) atoms. The van der Waals surface area contributed by atoms with Crippen molar-refractivity contribution in [1.29, 1.82) is 0 Å². The zero-order chi connectivity index (χ0) is 17.9. The molecule has 3 heterocycles. The minimum absolute atomic E-state index is 0.0478. The fraction of sp³-hybridized carbons (Fsp3) is 0.300. The first-order valence-electron chi connectivity index (χ1n) is 8.79. The van der Waals surface area contributed by atoms with E-state index in [0.717, 1.165) is 36.1 Å². The Balaban J connectivity index is 1.63. The minimum Gasteiger partial charge on any atom is -0.359 e. The minimum atomic E-state index is -0.283. The summed E-state index contributed by atoms with van der Waals surface area (Å²) in [4.78, 5) is 15.6. The fourth-order valence-corrected chi connectivity index (χ4v) is 4.07. The molecule has 4 rings (SSSR count). The maximum absolute atomic E-state index is 13.1. The summed E-state index contributed by atoms with van der Waals surface area (Å²) in [6.07, 6.45) is 4.00. The maximum Gasteiger partial charge on any atom is 0.264 e. The molecule has 0 spiro atoms. The molecule has 0 N–H and O–H groups in total. The summed E-state index contributed by atoms with van der Waals surface area (Å²) in [6.45, 7) is 0.716. The van der Waals surface area contributed by atoms with Gasteiger partial charge in [0.15, 0.2) is 5.76 Å². The van der Waals surface area contributed by atoms with Gasteiger partial charge in [-0.3, -0.25) is 4.79 Å². The zero-order valence-electron chi connectivity index (χ0n) is 14.2. The number of likely N-dealkylation sites (tertiary alicyclic amines) is 1. The Morgan fingerprint density at radius 3 is 2.81 bits per heavy atom. The van der Waals surface area contributed by atoms with Crippen LogP contribution in [0.5, 0.6) is 0 Å². The van der Waals surface area contributed by atoms with E-state index in [1.807, 2.05) is 28.5 Å². The lowest BCUT2D eigenvalue weighted by molar-refractivity contribution is 0.0656. The molecule has 0 bridgehead atoms. The Labute approximate surface area is 155 Å². The van der Waals surface area contributed by atoms with Crippen molar-refractivity contribution in [2.75, 3.05) is 6.54 Å². The van der Waals surface area contributed by atoms with Crippen LogP contribution in [0.15, 0.2) is 52.4 Å². The van der Waals surface area contributed by atoms with Gasteiger partial charge in [-0.15, -0.1) is 11.3 Å². The summed E-state index contributed by atoms with van der Waals surface area (Å²) in [5, 5.41) is 6.06.